The van der Waals surface area contributed by atoms with Crippen LogP contribution in [0.5, 0.6) is 0 Å². The van der Waals surface area contributed by atoms with E-state index in [0.717, 1.165) is 30.8 Å². The summed E-state index contributed by atoms with van der Waals surface area (Å²) in [6.07, 6.45) is 4.11. The molecule has 0 radical (unpaired) electrons. The van der Waals surface area contributed by atoms with E-state index >= 15 is 0 Å². The molecule has 0 aromatic heterocycles. The molecule has 0 amide bonds. The lowest BCUT2D eigenvalue weighted by atomic mass is 9.99. The quantitative estimate of drug-likeness (QED) is 0.473. The number of hydrogen-bond acceptors (Lipinski definition) is 3. The lowest BCUT2D eigenvalue weighted by Gasteiger charge is -2.30. The third-order valence-corrected chi connectivity index (χ3v) is 4.59. The maximum Gasteiger partial charge on any atom is 0.191 e. The molecule has 2 aromatic rings. The molecule has 1 aliphatic heterocycles. The highest BCUT2D eigenvalue weighted by atomic mass is 35.5. The molecule has 130 valence electrons. The number of fused-ring (bicyclic) bond motifs is 1. The average Bonchev–Trinajstić information content (AvgIpc) is 2.61. The molecule has 0 saturated heterocycles. The van der Waals surface area contributed by atoms with Gasteiger partial charge in [0.15, 0.2) is 5.11 Å². The van der Waals surface area contributed by atoms with Crippen molar-refractivity contribution in [1.29, 1.82) is 0 Å². The summed E-state index contributed by atoms with van der Waals surface area (Å²) in [5.41, 5.74) is 7.46. The van der Waals surface area contributed by atoms with Crippen molar-refractivity contribution >= 4 is 46.5 Å². The van der Waals surface area contributed by atoms with Crippen molar-refractivity contribution in [1.82, 2.24) is 5.43 Å². The van der Waals surface area contributed by atoms with Gasteiger partial charge in [-0.3, -0.25) is 5.43 Å². The van der Waals surface area contributed by atoms with Crippen LogP contribution < -0.4 is 15.6 Å². The van der Waals surface area contributed by atoms with Crippen LogP contribution in [0, 0.1) is 0 Å². The normalized spacial score (nSPS) is 13.6. The fraction of sp³-hybridized carbons (Fsp3) is 0.263. The maximum atomic E-state index is 5.95. The van der Waals surface area contributed by atoms with Gasteiger partial charge in [-0.15, -0.1) is 0 Å². The van der Waals surface area contributed by atoms with E-state index in [9.17, 15) is 0 Å². The van der Waals surface area contributed by atoms with Gasteiger partial charge in [0.2, 0.25) is 0 Å². The molecule has 2 N–H and O–H groups in total. The Balaban J connectivity index is 1.60. The van der Waals surface area contributed by atoms with E-state index in [-0.39, 0.29) is 0 Å². The van der Waals surface area contributed by atoms with Crippen LogP contribution >= 0.6 is 23.8 Å². The highest BCUT2D eigenvalue weighted by Gasteiger charge is 2.15. The van der Waals surface area contributed by atoms with Gasteiger partial charge in [0.1, 0.15) is 0 Å². The monoisotopic (exact) mass is 372 g/mol. The average molecular weight is 373 g/mol. The lowest BCUT2D eigenvalue weighted by Crippen LogP contribution is -2.28. The number of rotatable bonds is 4. The zero-order valence-corrected chi connectivity index (χ0v) is 15.7. The molecule has 0 aliphatic carbocycles. The predicted octanol–water partition coefficient (Wildman–Crippen LogP) is 4.43. The summed E-state index contributed by atoms with van der Waals surface area (Å²) in [7, 11) is 0. The Labute approximate surface area is 158 Å². The lowest BCUT2D eigenvalue weighted by molar-refractivity contribution is 0.708. The first-order valence-corrected chi connectivity index (χ1v) is 9.18. The third-order valence-electron chi connectivity index (χ3n) is 4.16. The molecule has 6 heteroatoms. The number of anilines is 2. The van der Waals surface area contributed by atoms with E-state index in [1.807, 2.05) is 24.3 Å². The van der Waals surface area contributed by atoms with Crippen LogP contribution in [0.25, 0.3) is 0 Å². The van der Waals surface area contributed by atoms with Gasteiger partial charge < -0.3 is 10.2 Å². The first-order valence-electron chi connectivity index (χ1n) is 8.39. The van der Waals surface area contributed by atoms with Crippen molar-refractivity contribution in [3.05, 3.63) is 58.6 Å². The number of nitrogens with one attached hydrogen (secondary N) is 2. The van der Waals surface area contributed by atoms with Gasteiger partial charge in [-0.25, -0.2) is 0 Å². The fourth-order valence-corrected chi connectivity index (χ4v) is 3.36. The van der Waals surface area contributed by atoms with Crippen LogP contribution in [0.3, 0.4) is 0 Å². The summed E-state index contributed by atoms with van der Waals surface area (Å²) in [5, 5.41) is 8.35. The van der Waals surface area contributed by atoms with Crippen molar-refractivity contribution in [3.8, 4) is 0 Å². The number of hydrazone groups is 1. The molecule has 2 aromatic carbocycles. The predicted molar refractivity (Wildman–Crippen MR) is 111 cm³/mol. The second-order valence-corrected chi connectivity index (χ2v) is 6.75. The number of halogens is 1. The Hall–Kier alpha value is -2.11. The molecule has 0 bridgehead atoms. The van der Waals surface area contributed by atoms with Crippen molar-refractivity contribution in [2.24, 2.45) is 5.10 Å². The minimum absolute atomic E-state index is 0.425. The summed E-state index contributed by atoms with van der Waals surface area (Å²) in [5.74, 6) is 0. The fourth-order valence-electron chi connectivity index (χ4n) is 2.99. The number of aryl methyl sites for hydroxylation is 1. The number of benzene rings is 2. The van der Waals surface area contributed by atoms with E-state index in [1.165, 1.54) is 17.7 Å². The molecule has 0 atom stereocenters. The second-order valence-electron chi connectivity index (χ2n) is 5.91. The number of thiocarbonyl (C=S) groups is 1. The van der Waals surface area contributed by atoms with Gasteiger partial charge >= 0.3 is 0 Å². The number of nitrogens with zero attached hydrogens (tertiary/aromatic N) is 2. The van der Waals surface area contributed by atoms with Crippen LogP contribution in [-0.2, 0) is 6.42 Å². The van der Waals surface area contributed by atoms with Crippen molar-refractivity contribution in [2.75, 3.05) is 23.3 Å². The summed E-state index contributed by atoms with van der Waals surface area (Å²) < 4.78 is 0. The summed E-state index contributed by atoms with van der Waals surface area (Å²) in [6, 6.07) is 13.9. The SMILES string of the molecule is CCN1CCCc2cc(C=NNC(=S)Nc3cccc(Cl)c3)ccc21. The Bertz CT molecular complexity index is 791. The van der Waals surface area contributed by atoms with Gasteiger partial charge in [-0.2, -0.15) is 5.10 Å². The van der Waals surface area contributed by atoms with Crippen molar-refractivity contribution in [3.63, 3.8) is 0 Å². The smallest absolute Gasteiger partial charge is 0.191 e. The minimum Gasteiger partial charge on any atom is -0.372 e. The number of hydrogen-bond donors (Lipinski definition) is 2. The van der Waals surface area contributed by atoms with E-state index in [2.05, 4.69) is 45.9 Å². The first-order chi connectivity index (χ1) is 12.2. The molecule has 0 saturated carbocycles. The van der Waals surface area contributed by atoms with Gasteiger partial charge in [0.05, 0.1) is 6.21 Å². The van der Waals surface area contributed by atoms with Crippen LogP contribution in [-0.4, -0.2) is 24.4 Å². The van der Waals surface area contributed by atoms with Gasteiger partial charge in [-0.1, -0.05) is 23.7 Å². The highest BCUT2D eigenvalue weighted by Crippen LogP contribution is 2.27. The van der Waals surface area contributed by atoms with E-state index < -0.39 is 0 Å². The maximum absolute atomic E-state index is 5.95. The molecule has 1 aliphatic rings. The van der Waals surface area contributed by atoms with Gasteiger partial charge in [-0.05, 0) is 73.4 Å². The second kappa shape index (κ2) is 8.32. The molecule has 4 nitrogen and oxygen atoms in total. The summed E-state index contributed by atoms with van der Waals surface area (Å²) in [6.45, 7) is 4.38. The zero-order chi connectivity index (χ0) is 17.6. The summed E-state index contributed by atoms with van der Waals surface area (Å²) in [4.78, 5) is 2.42. The van der Waals surface area contributed by atoms with E-state index in [4.69, 9.17) is 23.8 Å². The molecule has 25 heavy (non-hydrogen) atoms. The van der Waals surface area contributed by atoms with Crippen LogP contribution in [0.4, 0.5) is 11.4 Å². The highest BCUT2D eigenvalue weighted by molar-refractivity contribution is 7.80. The van der Waals surface area contributed by atoms with E-state index in [1.54, 1.807) is 6.21 Å². The molecule has 0 unspecified atom stereocenters. The standard InChI is InChI=1S/C19H21ClN4S/c1-2-24-10-4-5-15-11-14(8-9-18(15)24)13-21-23-19(25)22-17-7-3-6-16(20)12-17/h3,6-9,11-13H,2,4-5,10H2,1H3,(H2,22,23,25). The zero-order valence-electron chi connectivity index (χ0n) is 14.1. The van der Waals surface area contributed by atoms with Gasteiger partial charge in [0.25, 0.3) is 0 Å². The topological polar surface area (TPSA) is 39.7 Å². The van der Waals surface area contributed by atoms with Gasteiger partial charge in [0, 0.05) is 29.5 Å². The Kier molecular flexibility index (Phi) is 5.89. The van der Waals surface area contributed by atoms with Crippen LogP contribution in [0.15, 0.2) is 47.6 Å². The minimum atomic E-state index is 0.425. The van der Waals surface area contributed by atoms with E-state index in [0.29, 0.717) is 10.1 Å². The Morgan fingerprint density at radius 2 is 2.20 bits per heavy atom. The molecule has 1 heterocycles. The molecular weight excluding hydrogens is 352 g/mol. The largest absolute Gasteiger partial charge is 0.372 e. The van der Waals surface area contributed by atoms with Crippen molar-refractivity contribution < 1.29 is 0 Å². The van der Waals surface area contributed by atoms with Crippen LogP contribution in [0.2, 0.25) is 5.02 Å². The molecule has 3 rings (SSSR count). The molecule has 0 spiro atoms. The molecular formula is C19H21ClN4S. The van der Waals surface area contributed by atoms with Crippen molar-refractivity contribution in [2.45, 2.75) is 19.8 Å². The summed E-state index contributed by atoms with van der Waals surface area (Å²) >= 11 is 11.2. The first kappa shape index (κ1) is 17.7. The molecule has 0 fully saturated rings. The van der Waals surface area contributed by atoms with Crippen LogP contribution in [0.1, 0.15) is 24.5 Å². The Morgan fingerprint density at radius 1 is 1.32 bits per heavy atom. The third kappa shape index (κ3) is 4.71. The Morgan fingerprint density at radius 3 is 3.00 bits per heavy atom.